The summed E-state index contributed by atoms with van der Waals surface area (Å²) in [6, 6.07) is 7.69. The number of ether oxygens (including phenoxy) is 1. The lowest BCUT2D eigenvalue weighted by molar-refractivity contribution is 0.267. The van der Waals surface area contributed by atoms with Crippen molar-refractivity contribution >= 4 is 21.6 Å². The maximum atomic E-state index is 13.3. The SMILES string of the molecule is Cc1ccc(-c2csc3ncn(Cc4cc(=O)c(OCC(C)C)c[nH]4)c(=O)c23)c(C)c1. The Morgan fingerprint density at radius 1 is 1.16 bits per heavy atom. The van der Waals surface area contributed by atoms with Gasteiger partial charge < -0.3 is 9.72 Å². The first kappa shape index (κ1) is 21.1. The number of hydrogen-bond acceptors (Lipinski definition) is 5. The van der Waals surface area contributed by atoms with E-state index in [9.17, 15) is 9.59 Å². The summed E-state index contributed by atoms with van der Waals surface area (Å²) in [5, 5.41) is 2.60. The molecule has 0 atom stereocenters. The number of benzene rings is 1. The summed E-state index contributed by atoms with van der Waals surface area (Å²) in [6.45, 7) is 8.85. The lowest BCUT2D eigenvalue weighted by atomic mass is 9.99. The van der Waals surface area contributed by atoms with Crippen molar-refractivity contribution in [2.24, 2.45) is 5.92 Å². The van der Waals surface area contributed by atoms with Gasteiger partial charge in [-0.1, -0.05) is 37.6 Å². The number of pyridine rings is 1. The number of aryl methyl sites for hydroxylation is 2. The molecule has 0 aliphatic carbocycles. The van der Waals surface area contributed by atoms with Gasteiger partial charge in [-0.05, 0) is 30.9 Å². The number of nitrogens with one attached hydrogen (secondary N) is 1. The quantitative estimate of drug-likeness (QED) is 0.483. The molecule has 7 heteroatoms. The summed E-state index contributed by atoms with van der Waals surface area (Å²) in [5.41, 5.74) is 4.53. The molecular formula is C24H25N3O3S. The Morgan fingerprint density at radius 2 is 1.97 bits per heavy atom. The van der Waals surface area contributed by atoms with E-state index in [1.807, 2.05) is 32.2 Å². The standard InChI is InChI=1S/C24H25N3O3S/c1-14(2)11-30-21-9-25-17(8-20(21)28)10-27-13-26-23-22(24(27)29)19(12-31-23)18-6-5-15(3)7-16(18)4/h5-9,12-14H,10-11H2,1-4H3,(H,25,28). The first-order valence-electron chi connectivity index (χ1n) is 10.2. The third-order valence-electron chi connectivity index (χ3n) is 5.08. The van der Waals surface area contributed by atoms with Gasteiger partial charge in [-0.2, -0.15) is 0 Å². The van der Waals surface area contributed by atoms with Crippen LogP contribution in [0.15, 0.2) is 51.8 Å². The Kier molecular flexibility index (Phi) is 5.78. The van der Waals surface area contributed by atoms with E-state index in [4.69, 9.17) is 4.74 Å². The fourth-order valence-electron chi connectivity index (χ4n) is 3.54. The highest BCUT2D eigenvalue weighted by Gasteiger charge is 2.15. The van der Waals surface area contributed by atoms with Crippen LogP contribution in [0.5, 0.6) is 5.75 Å². The highest BCUT2D eigenvalue weighted by atomic mass is 32.1. The molecule has 3 aromatic heterocycles. The molecular weight excluding hydrogens is 410 g/mol. The molecule has 0 fully saturated rings. The summed E-state index contributed by atoms with van der Waals surface area (Å²) in [4.78, 5) is 33.9. The maximum Gasteiger partial charge on any atom is 0.263 e. The zero-order chi connectivity index (χ0) is 22.1. The molecule has 6 nitrogen and oxygen atoms in total. The van der Waals surface area contributed by atoms with E-state index >= 15 is 0 Å². The van der Waals surface area contributed by atoms with Crippen LogP contribution in [0.25, 0.3) is 21.3 Å². The van der Waals surface area contributed by atoms with Crippen molar-refractivity contribution in [2.75, 3.05) is 6.61 Å². The molecule has 0 saturated carbocycles. The molecule has 0 spiro atoms. The van der Waals surface area contributed by atoms with Gasteiger partial charge in [0.15, 0.2) is 5.75 Å². The van der Waals surface area contributed by atoms with Crippen LogP contribution in [0.1, 0.15) is 30.7 Å². The number of hydrogen-bond donors (Lipinski definition) is 1. The molecule has 1 N–H and O–H groups in total. The largest absolute Gasteiger partial charge is 0.488 e. The molecule has 0 radical (unpaired) electrons. The van der Waals surface area contributed by atoms with E-state index in [0.717, 1.165) is 16.7 Å². The van der Waals surface area contributed by atoms with Crippen LogP contribution in [-0.4, -0.2) is 21.1 Å². The zero-order valence-corrected chi connectivity index (χ0v) is 18.9. The summed E-state index contributed by atoms with van der Waals surface area (Å²) in [7, 11) is 0. The van der Waals surface area contributed by atoms with Crippen LogP contribution in [0.3, 0.4) is 0 Å². The van der Waals surface area contributed by atoms with E-state index in [1.165, 1.54) is 33.9 Å². The van der Waals surface area contributed by atoms with Gasteiger partial charge in [-0.25, -0.2) is 4.98 Å². The number of rotatable bonds is 6. The topological polar surface area (TPSA) is 77.0 Å². The Hall–Kier alpha value is -3.19. The lowest BCUT2D eigenvalue weighted by Crippen LogP contribution is -2.22. The van der Waals surface area contributed by atoms with Crippen LogP contribution in [0.4, 0.5) is 0 Å². The third kappa shape index (κ3) is 4.32. The lowest BCUT2D eigenvalue weighted by Gasteiger charge is -2.10. The van der Waals surface area contributed by atoms with Crippen molar-refractivity contribution in [2.45, 2.75) is 34.2 Å². The molecule has 4 rings (SSSR count). The first-order chi connectivity index (χ1) is 14.8. The van der Waals surface area contributed by atoms with Crippen LogP contribution >= 0.6 is 11.3 Å². The Bertz CT molecular complexity index is 1360. The van der Waals surface area contributed by atoms with Crippen LogP contribution in [-0.2, 0) is 6.54 Å². The second-order valence-corrected chi connectivity index (χ2v) is 9.08. The molecule has 0 aliphatic heterocycles. The Labute approximate surface area is 184 Å². The van der Waals surface area contributed by atoms with Gasteiger partial charge in [0.05, 0.1) is 24.9 Å². The summed E-state index contributed by atoms with van der Waals surface area (Å²) in [6.07, 6.45) is 3.09. The summed E-state index contributed by atoms with van der Waals surface area (Å²) in [5.74, 6) is 0.612. The van der Waals surface area contributed by atoms with Crippen LogP contribution < -0.4 is 15.7 Å². The average Bonchev–Trinajstić information content (AvgIpc) is 3.14. The van der Waals surface area contributed by atoms with Crippen LogP contribution in [0.2, 0.25) is 0 Å². The first-order valence-corrected chi connectivity index (χ1v) is 11.1. The van der Waals surface area contributed by atoms with E-state index in [0.29, 0.717) is 28.4 Å². The van der Waals surface area contributed by atoms with Gasteiger partial charge in [-0.3, -0.25) is 14.2 Å². The highest BCUT2D eigenvalue weighted by molar-refractivity contribution is 7.17. The smallest absolute Gasteiger partial charge is 0.263 e. The zero-order valence-electron chi connectivity index (χ0n) is 18.1. The van der Waals surface area contributed by atoms with Crippen molar-refractivity contribution in [3.63, 3.8) is 0 Å². The number of thiophene rings is 1. The van der Waals surface area contributed by atoms with Gasteiger partial charge in [0.2, 0.25) is 5.43 Å². The predicted octanol–water partition coefficient (Wildman–Crippen LogP) is 4.51. The fourth-order valence-corrected chi connectivity index (χ4v) is 4.44. The number of fused-ring (bicyclic) bond motifs is 1. The molecule has 0 saturated heterocycles. The molecule has 3 heterocycles. The predicted molar refractivity (Wildman–Crippen MR) is 125 cm³/mol. The minimum atomic E-state index is -0.206. The Balaban J connectivity index is 1.70. The van der Waals surface area contributed by atoms with E-state index in [2.05, 4.69) is 29.0 Å². The maximum absolute atomic E-state index is 13.3. The van der Waals surface area contributed by atoms with Crippen molar-refractivity contribution in [3.05, 3.63) is 79.6 Å². The molecule has 0 amide bonds. The third-order valence-corrected chi connectivity index (χ3v) is 5.97. The molecule has 4 aromatic rings. The van der Waals surface area contributed by atoms with Gasteiger partial charge in [0, 0.05) is 28.9 Å². The summed E-state index contributed by atoms with van der Waals surface area (Å²) >= 11 is 1.46. The Morgan fingerprint density at radius 3 is 2.68 bits per heavy atom. The number of nitrogens with zero attached hydrogens (tertiary/aromatic N) is 2. The van der Waals surface area contributed by atoms with Gasteiger partial charge in [0.1, 0.15) is 4.83 Å². The monoisotopic (exact) mass is 435 g/mol. The number of H-pyrrole nitrogens is 1. The van der Waals surface area contributed by atoms with Crippen LogP contribution in [0, 0.1) is 19.8 Å². The summed E-state index contributed by atoms with van der Waals surface area (Å²) < 4.78 is 7.07. The van der Waals surface area contributed by atoms with Gasteiger partial charge in [-0.15, -0.1) is 11.3 Å². The second-order valence-electron chi connectivity index (χ2n) is 8.22. The van der Waals surface area contributed by atoms with Crippen molar-refractivity contribution in [1.29, 1.82) is 0 Å². The van der Waals surface area contributed by atoms with Gasteiger partial charge >= 0.3 is 0 Å². The normalized spacial score (nSPS) is 11.4. The van der Waals surface area contributed by atoms with Crippen molar-refractivity contribution in [3.8, 4) is 16.9 Å². The minimum absolute atomic E-state index is 0.123. The van der Waals surface area contributed by atoms with Crippen molar-refractivity contribution in [1.82, 2.24) is 14.5 Å². The van der Waals surface area contributed by atoms with Gasteiger partial charge in [0.25, 0.3) is 5.56 Å². The van der Waals surface area contributed by atoms with Crippen molar-refractivity contribution < 1.29 is 4.74 Å². The molecule has 160 valence electrons. The number of aromatic amines is 1. The minimum Gasteiger partial charge on any atom is -0.488 e. The van der Waals surface area contributed by atoms with E-state index < -0.39 is 0 Å². The van der Waals surface area contributed by atoms with E-state index in [1.54, 1.807) is 6.20 Å². The highest BCUT2D eigenvalue weighted by Crippen LogP contribution is 2.33. The molecule has 0 unspecified atom stereocenters. The molecule has 0 aliphatic rings. The van der Waals surface area contributed by atoms with E-state index in [-0.39, 0.29) is 23.3 Å². The molecule has 31 heavy (non-hydrogen) atoms. The fraction of sp³-hybridized carbons (Fsp3) is 0.292. The number of aromatic nitrogens is 3. The molecule has 1 aromatic carbocycles. The average molecular weight is 436 g/mol. The molecule has 0 bridgehead atoms. The second kappa shape index (κ2) is 8.51.